The summed E-state index contributed by atoms with van der Waals surface area (Å²) in [4.78, 5) is 3.29. The van der Waals surface area contributed by atoms with E-state index in [1.54, 1.807) is 0 Å². The molecule has 1 heterocycles. The Labute approximate surface area is 102 Å². The summed E-state index contributed by atoms with van der Waals surface area (Å²) in [6, 6.07) is 10.3. The van der Waals surface area contributed by atoms with Crippen LogP contribution in [0.1, 0.15) is 19.5 Å². The van der Waals surface area contributed by atoms with Crippen molar-refractivity contribution in [3.63, 3.8) is 0 Å². The standard InChI is InChI=1S/C16H15N/c1-3-7-13(4-2)10-11-15-12-14-8-5-6-9-16(14)17-15/h3-9,12,17H,1-2H3/b7-3-,13-4+. The zero-order valence-electron chi connectivity index (χ0n) is 10.1. The van der Waals surface area contributed by atoms with Crippen LogP contribution in [0.2, 0.25) is 0 Å². The van der Waals surface area contributed by atoms with Gasteiger partial charge in [-0.15, -0.1) is 0 Å². The van der Waals surface area contributed by atoms with Crippen LogP contribution in [0.3, 0.4) is 0 Å². The van der Waals surface area contributed by atoms with Crippen LogP contribution in [0.15, 0.2) is 54.1 Å². The van der Waals surface area contributed by atoms with Crippen molar-refractivity contribution in [2.45, 2.75) is 13.8 Å². The third-order valence-electron chi connectivity index (χ3n) is 2.53. The van der Waals surface area contributed by atoms with E-state index in [4.69, 9.17) is 0 Å². The molecule has 0 atom stereocenters. The molecule has 2 aromatic rings. The first kappa shape index (κ1) is 11.3. The van der Waals surface area contributed by atoms with Gasteiger partial charge in [-0.25, -0.2) is 0 Å². The van der Waals surface area contributed by atoms with Gasteiger partial charge in [0.05, 0.1) is 5.69 Å². The SMILES string of the molecule is C/C=C\C(C#Cc1cc2ccccc2[nH]1)=C/C. The topological polar surface area (TPSA) is 15.8 Å². The summed E-state index contributed by atoms with van der Waals surface area (Å²) in [5.41, 5.74) is 3.12. The van der Waals surface area contributed by atoms with Crippen molar-refractivity contribution in [3.05, 3.63) is 59.8 Å². The summed E-state index contributed by atoms with van der Waals surface area (Å²) in [6.45, 7) is 3.99. The van der Waals surface area contributed by atoms with E-state index < -0.39 is 0 Å². The Morgan fingerprint density at radius 1 is 1.24 bits per heavy atom. The molecule has 1 aromatic heterocycles. The van der Waals surface area contributed by atoms with Crippen molar-refractivity contribution in [3.8, 4) is 11.8 Å². The molecule has 1 nitrogen and oxygen atoms in total. The molecule has 0 aliphatic carbocycles. The van der Waals surface area contributed by atoms with Gasteiger partial charge in [0.25, 0.3) is 0 Å². The molecule has 0 radical (unpaired) electrons. The Balaban J connectivity index is 2.33. The molecule has 0 saturated heterocycles. The zero-order chi connectivity index (χ0) is 12.1. The summed E-state index contributed by atoms with van der Waals surface area (Å²) >= 11 is 0. The minimum Gasteiger partial charge on any atom is -0.348 e. The van der Waals surface area contributed by atoms with Gasteiger partial charge in [0.15, 0.2) is 0 Å². The van der Waals surface area contributed by atoms with Crippen molar-refractivity contribution < 1.29 is 0 Å². The van der Waals surface area contributed by atoms with E-state index in [2.05, 4.69) is 35.0 Å². The maximum absolute atomic E-state index is 3.29. The first-order valence-corrected chi connectivity index (χ1v) is 5.72. The van der Waals surface area contributed by atoms with Gasteiger partial charge in [0, 0.05) is 16.5 Å². The van der Waals surface area contributed by atoms with E-state index in [-0.39, 0.29) is 0 Å². The van der Waals surface area contributed by atoms with Gasteiger partial charge in [0.2, 0.25) is 0 Å². The van der Waals surface area contributed by atoms with E-state index in [0.717, 1.165) is 16.8 Å². The summed E-state index contributed by atoms with van der Waals surface area (Å²) in [7, 11) is 0. The number of nitrogens with one attached hydrogen (secondary N) is 1. The third-order valence-corrected chi connectivity index (χ3v) is 2.53. The fourth-order valence-corrected chi connectivity index (χ4v) is 1.67. The first-order valence-electron chi connectivity index (χ1n) is 5.72. The molecule has 0 amide bonds. The molecule has 84 valence electrons. The van der Waals surface area contributed by atoms with Crippen LogP contribution in [-0.4, -0.2) is 4.98 Å². The number of benzene rings is 1. The summed E-state index contributed by atoms with van der Waals surface area (Å²) in [6.07, 6.45) is 6.01. The Morgan fingerprint density at radius 2 is 2.06 bits per heavy atom. The highest BCUT2D eigenvalue weighted by molar-refractivity contribution is 5.81. The van der Waals surface area contributed by atoms with Crippen molar-refractivity contribution >= 4 is 10.9 Å². The lowest BCUT2D eigenvalue weighted by Crippen LogP contribution is -1.74. The Morgan fingerprint density at radius 3 is 2.76 bits per heavy atom. The van der Waals surface area contributed by atoms with Crippen LogP contribution in [0.5, 0.6) is 0 Å². The molecule has 0 aliphatic heterocycles. The van der Waals surface area contributed by atoms with Gasteiger partial charge >= 0.3 is 0 Å². The van der Waals surface area contributed by atoms with Gasteiger partial charge in [0.1, 0.15) is 0 Å². The van der Waals surface area contributed by atoms with E-state index in [1.807, 2.05) is 44.2 Å². The fraction of sp³-hybridized carbons (Fsp3) is 0.125. The predicted octanol–water partition coefficient (Wildman–Crippen LogP) is 4.04. The minimum absolute atomic E-state index is 0.954. The van der Waals surface area contributed by atoms with Crippen LogP contribution < -0.4 is 0 Å². The monoisotopic (exact) mass is 221 g/mol. The molecule has 17 heavy (non-hydrogen) atoms. The van der Waals surface area contributed by atoms with Crippen LogP contribution in [-0.2, 0) is 0 Å². The fourth-order valence-electron chi connectivity index (χ4n) is 1.67. The van der Waals surface area contributed by atoms with Gasteiger partial charge in [-0.1, -0.05) is 42.3 Å². The molecular formula is C16H15N. The maximum atomic E-state index is 3.29. The molecule has 0 spiro atoms. The largest absolute Gasteiger partial charge is 0.348 e. The highest BCUT2D eigenvalue weighted by atomic mass is 14.7. The van der Waals surface area contributed by atoms with Crippen LogP contribution in [0, 0.1) is 11.8 Å². The highest BCUT2D eigenvalue weighted by Gasteiger charge is 1.95. The van der Waals surface area contributed by atoms with Gasteiger partial charge in [-0.2, -0.15) is 0 Å². The number of aromatic amines is 1. The lowest BCUT2D eigenvalue weighted by Gasteiger charge is -1.85. The van der Waals surface area contributed by atoms with E-state index in [9.17, 15) is 0 Å². The average Bonchev–Trinajstić information content (AvgIpc) is 2.77. The summed E-state index contributed by atoms with van der Waals surface area (Å²) in [5, 5.41) is 1.20. The second kappa shape index (κ2) is 5.23. The highest BCUT2D eigenvalue weighted by Crippen LogP contribution is 2.13. The molecule has 0 unspecified atom stereocenters. The molecule has 1 heteroatoms. The zero-order valence-corrected chi connectivity index (χ0v) is 10.1. The Hall–Kier alpha value is -2.20. The number of fused-ring (bicyclic) bond motifs is 1. The summed E-state index contributed by atoms with van der Waals surface area (Å²) in [5.74, 6) is 6.29. The number of allylic oxidation sites excluding steroid dienone is 4. The van der Waals surface area contributed by atoms with Gasteiger partial charge in [-0.3, -0.25) is 0 Å². The van der Waals surface area contributed by atoms with Crippen LogP contribution in [0.25, 0.3) is 10.9 Å². The van der Waals surface area contributed by atoms with E-state index in [1.165, 1.54) is 5.39 Å². The molecule has 0 saturated carbocycles. The van der Waals surface area contributed by atoms with Crippen molar-refractivity contribution in [1.29, 1.82) is 0 Å². The summed E-state index contributed by atoms with van der Waals surface area (Å²) < 4.78 is 0. The minimum atomic E-state index is 0.954. The number of para-hydroxylation sites is 1. The molecule has 0 fully saturated rings. The molecule has 1 aromatic carbocycles. The van der Waals surface area contributed by atoms with Crippen LogP contribution >= 0.6 is 0 Å². The first-order chi connectivity index (χ1) is 8.33. The van der Waals surface area contributed by atoms with E-state index in [0.29, 0.717) is 0 Å². The number of H-pyrrole nitrogens is 1. The average molecular weight is 221 g/mol. The number of aromatic nitrogens is 1. The second-order valence-electron chi connectivity index (χ2n) is 3.76. The molecule has 1 N–H and O–H groups in total. The smallest absolute Gasteiger partial charge is 0.0908 e. The van der Waals surface area contributed by atoms with Crippen LogP contribution in [0.4, 0.5) is 0 Å². The number of rotatable bonds is 1. The third kappa shape index (κ3) is 2.68. The molecule has 0 aliphatic rings. The van der Waals surface area contributed by atoms with Gasteiger partial charge < -0.3 is 4.98 Å². The normalized spacial score (nSPS) is 11.8. The van der Waals surface area contributed by atoms with Crippen molar-refractivity contribution in [2.24, 2.45) is 0 Å². The number of hydrogen-bond acceptors (Lipinski definition) is 0. The second-order valence-corrected chi connectivity index (χ2v) is 3.76. The maximum Gasteiger partial charge on any atom is 0.0908 e. The Kier molecular flexibility index (Phi) is 3.47. The molecule has 0 bridgehead atoms. The molecular weight excluding hydrogens is 206 g/mol. The number of hydrogen-bond donors (Lipinski definition) is 1. The molecule has 2 rings (SSSR count). The van der Waals surface area contributed by atoms with Gasteiger partial charge in [-0.05, 0) is 31.9 Å². The van der Waals surface area contributed by atoms with Crippen molar-refractivity contribution in [1.82, 2.24) is 4.98 Å². The van der Waals surface area contributed by atoms with Crippen molar-refractivity contribution in [2.75, 3.05) is 0 Å². The lowest BCUT2D eigenvalue weighted by atomic mass is 10.2. The predicted molar refractivity (Wildman–Crippen MR) is 73.7 cm³/mol. The quantitative estimate of drug-likeness (QED) is 0.552. The Bertz CT molecular complexity index is 597. The lowest BCUT2D eigenvalue weighted by molar-refractivity contribution is 1.42. The van der Waals surface area contributed by atoms with E-state index >= 15 is 0 Å².